The first kappa shape index (κ1) is 28.4. The molecule has 2 unspecified atom stereocenters. The molecule has 1 fully saturated rings. The highest BCUT2D eigenvalue weighted by atomic mass is 16.7. The van der Waals surface area contributed by atoms with Crippen LogP contribution in [0.1, 0.15) is 42.9 Å². The Hall–Kier alpha value is -2.58. The van der Waals surface area contributed by atoms with E-state index in [-0.39, 0.29) is 6.61 Å². The van der Waals surface area contributed by atoms with Crippen LogP contribution in [-0.2, 0) is 43.5 Å². The van der Waals surface area contributed by atoms with Gasteiger partial charge in [-0.15, -0.1) is 0 Å². The van der Waals surface area contributed by atoms with Gasteiger partial charge in [-0.05, 0) is 23.1 Å². The summed E-state index contributed by atoms with van der Waals surface area (Å²) in [4.78, 5) is 0. The van der Waals surface area contributed by atoms with Crippen molar-refractivity contribution in [3.63, 3.8) is 0 Å². The summed E-state index contributed by atoms with van der Waals surface area (Å²) in [6, 6.07) is 29.9. The molecule has 3 aromatic rings. The van der Waals surface area contributed by atoms with Crippen molar-refractivity contribution in [2.45, 2.75) is 76.7 Å². The maximum atomic E-state index is 11.4. The number of unbranched alkanes of at least 4 members (excludes halogenated alkanes) is 2. The van der Waals surface area contributed by atoms with Crippen molar-refractivity contribution in [3.05, 3.63) is 108 Å². The third kappa shape index (κ3) is 8.73. The molecule has 1 saturated heterocycles. The van der Waals surface area contributed by atoms with E-state index in [0.717, 1.165) is 36.0 Å². The van der Waals surface area contributed by atoms with E-state index in [0.29, 0.717) is 26.4 Å². The average molecular weight is 521 g/mol. The lowest BCUT2D eigenvalue weighted by Crippen LogP contribution is -2.61. The number of ether oxygens (including phenoxy) is 5. The Morgan fingerprint density at radius 3 is 1.74 bits per heavy atom. The summed E-state index contributed by atoms with van der Waals surface area (Å²) in [5, 5.41) is 11.4. The average Bonchev–Trinajstić information content (AvgIpc) is 2.96. The van der Waals surface area contributed by atoms with Crippen LogP contribution in [0.3, 0.4) is 0 Å². The summed E-state index contributed by atoms with van der Waals surface area (Å²) in [7, 11) is 0. The fourth-order valence-electron chi connectivity index (χ4n) is 4.51. The molecule has 0 spiro atoms. The molecule has 1 heterocycles. The lowest BCUT2D eigenvalue weighted by molar-refractivity contribution is -0.319. The van der Waals surface area contributed by atoms with Gasteiger partial charge >= 0.3 is 0 Å². The van der Waals surface area contributed by atoms with E-state index in [1.165, 1.54) is 0 Å². The SMILES string of the molecule is CCCCCO[C@H]1OC(COCc2ccccc2)[C@H](OCc2ccccc2)[C@H](OCc2ccccc2)C1O. The Morgan fingerprint density at radius 1 is 0.658 bits per heavy atom. The predicted molar refractivity (Wildman–Crippen MR) is 146 cm³/mol. The van der Waals surface area contributed by atoms with Gasteiger partial charge in [-0.3, -0.25) is 0 Å². The largest absolute Gasteiger partial charge is 0.385 e. The third-order valence-electron chi connectivity index (χ3n) is 6.61. The molecule has 0 amide bonds. The van der Waals surface area contributed by atoms with E-state index in [9.17, 15) is 5.11 Å². The zero-order chi connectivity index (χ0) is 26.4. The van der Waals surface area contributed by atoms with Gasteiger partial charge in [0, 0.05) is 6.61 Å². The molecule has 0 bridgehead atoms. The first-order chi connectivity index (χ1) is 18.7. The van der Waals surface area contributed by atoms with E-state index in [2.05, 4.69) is 6.92 Å². The van der Waals surface area contributed by atoms with E-state index in [1.54, 1.807) is 0 Å². The van der Waals surface area contributed by atoms with Gasteiger partial charge in [0.2, 0.25) is 0 Å². The standard InChI is InChI=1S/C32H40O6/c1-2-3-13-20-35-32-29(33)31(37-23-27-18-11-6-12-19-27)30(36-22-26-16-9-5-10-17-26)28(38-32)24-34-21-25-14-7-4-8-15-25/h4-12,14-19,28-33H,2-3,13,20-24H2,1H3/t28?,29?,30-,31+,32-/m0/s1. The van der Waals surface area contributed by atoms with Gasteiger partial charge in [0.05, 0.1) is 26.4 Å². The molecule has 0 aliphatic carbocycles. The molecular formula is C32H40O6. The Balaban J connectivity index is 1.50. The molecule has 1 N–H and O–H groups in total. The van der Waals surface area contributed by atoms with E-state index in [4.69, 9.17) is 23.7 Å². The summed E-state index contributed by atoms with van der Waals surface area (Å²) in [5.41, 5.74) is 3.13. The quantitative estimate of drug-likeness (QED) is 0.261. The van der Waals surface area contributed by atoms with Crippen LogP contribution in [0.15, 0.2) is 91.0 Å². The van der Waals surface area contributed by atoms with Gasteiger partial charge in [0.1, 0.15) is 24.4 Å². The summed E-state index contributed by atoms with van der Waals surface area (Å²) in [6.45, 7) is 4.09. The number of benzene rings is 3. The van der Waals surface area contributed by atoms with Crippen molar-refractivity contribution in [1.82, 2.24) is 0 Å². The van der Waals surface area contributed by atoms with Gasteiger partial charge in [0.25, 0.3) is 0 Å². The highest BCUT2D eigenvalue weighted by Crippen LogP contribution is 2.29. The molecule has 3 aromatic carbocycles. The first-order valence-corrected chi connectivity index (χ1v) is 13.6. The Kier molecular flexibility index (Phi) is 11.8. The number of hydrogen-bond donors (Lipinski definition) is 1. The lowest BCUT2D eigenvalue weighted by atomic mass is 9.98. The van der Waals surface area contributed by atoms with Crippen LogP contribution in [-0.4, -0.2) is 49.0 Å². The predicted octanol–water partition coefficient (Wildman–Crippen LogP) is 5.67. The lowest BCUT2D eigenvalue weighted by Gasteiger charge is -2.44. The second kappa shape index (κ2) is 15.7. The van der Waals surface area contributed by atoms with Crippen LogP contribution in [0.25, 0.3) is 0 Å². The molecule has 38 heavy (non-hydrogen) atoms. The van der Waals surface area contributed by atoms with E-state index in [1.807, 2.05) is 91.0 Å². The molecule has 6 heteroatoms. The van der Waals surface area contributed by atoms with Crippen LogP contribution in [0, 0.1) is 0 Å². The minimum Gasteiger partial charge on any atom is -0.385 e. The van der Waals surface area contributed by atoms with Crippen LogP contribution in [0.5, 0.6) is 0 Å². The maximum Gasteiger partial charge on any atom is 0.186 e. The summed E-state index contributed by atoms with van der Waals surface area (Å²) >= 11 is 0. The number of rotatable bonds is 15. The van der Waals surface area contributed by atoms with Crippen molar-refractivity contribution in [3.8, 4) is 0 Å². The normalized spacial score (nSPS) is 23.4. The van der Waals surface area contributed by atoms with Gasteiger partial charge < -0.3 is 28.8 Å². The molecule has 0 aromatic heterocycles. The zero-order valence-electron chi connectivity index (χ0n) is 22.2. The van der Waals surface area contributed by atoms with Crippen molar-refractivity contribution in [2.75, 3.05) is 13.2 Å². The maximum absolute atomic E-state index is 11.4. The van der Waals surface area contributed by atoms with Gasteiger partial charge in [-0.25, -0.2) is 0 Å². The Morgan fingerprint density at radius 2 is 1.18 bits per heavy atom. The molecule has 0 saturated carbocycles. The fraction of sp³-hybridized carbons (Fsp3) is 0.438. The van der Waals surface area contributed by atoms with Crippen molar-refractivity contribution in [1.29, 1.82) is 0 Å². The van der Waals surface area contributed by atoms with Crippen LogP contribution < -0.4 is 0 Å². The highest BCUT2D eigenvalue weighted by molar-refractivity contribution is 5.15. The fourth-order valence-corrected chi connectivity index (χ4v) is 4.51. The zero-order valence-corrected chi connectivity index (χ0v) is 22.2. The summed E-state index contributed by atoms with van der Waals surface area (Å²) in [5.74, 6) is 0. The van der Waals surface area contributed by atoms with Gasteiger partial charge in [-0.2, -0.15) is 0 Å². The number of hydrogen-bond acceptors (Lipinski definition) is 6. The Bertz CT molecular complexity index is 1020. The van der Waals surface area contributed by atoms with Crippen LogP contribution in [0.2, 0.25) is 0 Å². The van der Waals surface area contributed by atoms with Gasteiger partial charge in [-0.1, -0.05) is 111 Å². The molecule has 1 aliphatic rings. The van der Waals surface area contributed by atoms with Crippen LogP contribution in [0.4, 0.5) is 0 Å². The van der Waals surface area contributed by atoms with Crippen molar-refractivity contribution in [2.24, 2.45) is 0 Å². The minimum atomic E-state index is -1.01. The highest BCUT2D eigenvalue weighted by Gasteiger charge is 2.47. The molecule has 0 radical (unpaired) electrons. The van der Waals surface area contributed by atoms with Crippen molar-refractivity contribution >= 4 is 0 Å². The molecular weight excluding hydrogens is 480 g/mol. The summed E-state index contributed by atoms with van der Waals surface area (Å²) in [6.07, 6.45) is -0.477. The number of aliphatic hydroxyl groups is 1. The second-order valence-electron chi connectivity index (χ2n) is 9.63. The molecule has 5 atom stereocenters. The molecule has 6 nitrogen and oxygen atoms in total. The monoisotopic (exact) mass is 520 g/mol. The molecule has 1 aliphatic heterocycles. The smallest absolute Gasteiger partial charge is 0.186 e. The summed E-state index contributed by atoms with van der Waals surface area (Å²) < 4.78 is 31.1. The van der Waals surface area contributed by atoms with Crippen molar-refractivity contribution < 1.29 is 28.8 Å². The van der Waals surface area contributed by atoms with Crippen LogP contribution >= 0.6 is 0 Å². The first-order valence-electron chi connectivity index (χ1n) is 13.6. The second-order valence-corrected chi connectivity index (χ2v) is 9.63. The number of aliphatic hydroxyl groups excluding tert-OH is 1. The van der Waals surface area contributed by atoms with Gasteiger partial charge in [0.15, 0.2) is 6.29 Å². The topological polar surface area (TPSA) is 66.4 Å². The van der Waals surface area contributed by atoms with E-state index >= 15 is 0 Å². The van der Waals surface area contributed by atoms with E-state index < -0.39 is 30.7 Å². The molecule has 4 rings (SSSR count). The molecule has 204 valence electrons. The third-order valence-corrected chi connectivity index (χ3v) is 6.61. The Labute approximate surface area is 226 Å². The minimum absolute atomic E-state index is 0.279.